The Morgan fingerprint density at radius 3 is 2.93 bits per heavy atom. The molecule has 1 N–H and O–H groups in total. The molecule has 0 aliphatic carbocycles. The molecule has 2 aromatic heterocycles. The Morgan fingerprint density at radius 1 is 1.43 bits per heavy atom. The van der Waals surface area contributed by atoms with Crippen molar-refractivity contribution in [2.24, 2.45) is 0 Å². The predicted octanol–water partition coefficient (Wildman–Crippen LogP) is 5.90. The number of anilines is 1. The number of thiophene rings is 1. The average molecular weight is 498 g/mol. The number of thioether (sulfide) groups is 1. The lowest BCUT2D eigenvalue weighted by Gasteiger charge is -2.08. The van der Waals surface area contributed by atoms with Gasteiger partial charge in [0, 0.05) is 26.8 Å². The van der Waals surface area contributed by atoms with E-state index in [9.17, 15) is 4.79 Å². The molecule has 0 saturated heterocycles. The zero-order valence-electron chi connectivity index (χ0n) is 15.1. The summed E-state index contributed by atoms with van der Waals surface area (Å²) in [6.45, 7) is 6.52. The first-order chi connectivity index (χ1) is 13.5. The zero-order valence-corrected chi connectivity index (χ0v) is 19.1. The molecule has 0 aliphatic rings. The van der Waals surface area contributed by atoms with Crippen LogP contribution >= 0.6 is 50.6 Å². The molecule has 9 heteroatoms. The topological polar surface area (TPSA) is 59.8 Å². The second-order valence-corrected chi connectivity index (χ2v) is 9.08. The molecule has 1 aromatic carbocycles. The van der Waals surface area contributed by atoms with Crippen molar-refractivity contribution < 1.29 is 4.79 Å². The highest BCUT2D eigenvalue weighted by Crippen LogP contribution is 2.29. The number of benzene rings is 1. The van der Waals surface area contributed by atoms with E-state index in [0.29, 0.717) is 22.4 Å². The third-order valence-corrected chi connectivity index (χ3v) is 6.68. The van der Waals surface area contributed by atoms with Crippen LogP contribution in [0.4, 0.5) is 5.69 Å². The maximum Gasteiger partial charge on any atom is 0.234 e. The van der Waals surface area contributed by atoms with Crippen molar-refractivity contribution >= 4 is 62.2 Å². The molecule has 0 atom stereocenters. The minimum absolute atomic E-state index is 0.160. The summed E-state index contributed by atoms with van der Waals surface area (Å²) in [4.78, 5) is 13.6. The Labute approximate surface area is 185 Å². The van der Waals surface area contributed by atoms with Gasteiger partial charge >= 0.3 is 0 Å². The third kappa shape index (κ3) is 5.05. The van der Waals surface area contributed by atoms with Gasteiger partial charge in [-0.2, -0.15) is 0 Å². The van der Waals surface area contributed by atoms with Crippen molar-refractivity contribution in [1.29, 1.82) is 0 Å². The maximum atomic E-state index is 12.3. The smallest absolute Gasteiger partial charge is 0.234 e. The number of rotatable bonds is 8. The molecular weight excluding hydrogens is 480 g/mol. The summed E-state index contributed by atoms with van der Waals surface area (Å²) in [7, 11) is 0. The minimum atomic E-state index is -0.160. The summed E-state index contributed by atoms with van der Waals surface area (Å²) in [5, 5.41) is 14.7. The van der Waals surface area contributed by atoms with Gasteiger partial charge in [0.05, 0.1) is 16.5 Å². The van der Waals surface area contributed by atoms with E-state index in [4.69, 9.17) is 11.6 Å². The van der Waals surface area contributed by atoms with Crippen LogP contribution < -0.4 is 5.32 Å². The lowest BCUT2D eigenvalue weighted by molar-refractivity contribution is -0.113. The third-order valence-electron chi connectivity index (χ3n) is 3.83. The van der Waals surface area contributed by atoms with E-state index in [1.165, 1.54) is 16.6 Å². The summed E-state index contributed by atoms with van der Waals surface area (Å²) in [6.07, 6.45) is 2.78. The molecule has 5 nitrogen and oxygen atoms in total. The Hall–Kier alpha value is -1.61. The first-order valence-corrected chi connectivity index (χ1v) is 11.5. The summed E-state index contributed by atoms with van der Waals surface area (Å²) < 4.78 is 2.83. The van der Waals surface area contributed by atoms with Gasteiger partial charge in [-0.15, -0.1) is 28.1 Å². The molecule has 0 aliphatic heterocycles. The normalized spacial score (nSPS) is 10.8. The Kier molecular flexibility index (Phi) is 7.34. The predicted molar refractivity (Wildman–Crippen MR) is 121 cm³/mol. The van der Waals surface area contributed by atoms with Gasteiger partial charge in [0.1, 0.15) is 0 Å². The monoisotopic (exact) mass is 496 g/mol. The Bertz CT molecular complexity index is 1000. The van der Waals surface area contributed by atoms with Crippen molar-refractivity contribution in [2.75, 3.05) is 11.1 Å². The van der Waals surface area contributed by atoms with Crippen molar-refractivity contribution in [3.63, 3.8) is 0 Å². The molecule has 0 spiro atoms. The summed E-state index contributed by atoms with van der Waals surface area (Å²) in [5.41, 5.74) is 1.61. The standard InChI is InChI=1S/C19H18BrClN4OS2/c1-3-7-25-18(12-8-14(4-2)27-10-12)23-24-19(25)28-11-17(26)22-16-6-5-13(20)9-15(16)21/h3,5-6,8-10H,1,4,7,11H2,2H3,(H,22,26). The van der Waals surface area contributed by atoms with E-state index in [1.54, 1.807) is 29.5 Å². The first kappa shape index (κ1) is 21.1. The fourth-order valence-electron chi connectivity index (χ4n) is 2.49. The highest BCUT2D eigenvalue weighted by molar-refractivity contribution is 9.10. The fraction of sp³-hybridized carbons (Fsp3) is 0.211. The molecule has 146 valence electrons. The van der Waals surface area contributed by atoms with Crippen LogP contribution in [0.1, 0.15) is 11.8 Å². The molecule has 0 radical (unpaired) electrons. The fourth-order valence-corrected chi connectivity index (χ4v) is 4.78. The van der Waals surface area contributed by atoms with E-state index in [0.717, 1.165) is 22.3 Å². The molecule has 0 saturated carbocycles. The number of nitrogens with one attached hydrogen (secondary N) is 1. The lowest BCUT2D eigenvalue weighted by atomic mass is 10.2. The Morgan fingerprint density at radius 2 is 2.25 bits per heavy atom. The van der Waals surface area contributed by atoms with Crippen LogP contribution in [-0.2, 0) is 17.8 Å². The quantitative estimate of drug-likeness (QED) is 0.311. The van der Waals surface area contributed by atoms with Gasteiger partial charge in [0.2, 0.25) is 5.91 Å². The number of carbonyl (C=O) groups is 1. The number of allylic oxidation sites excluding steroid dienone is 1. The number of carbonyl (C=O) groups excluding carboxylic acids is 1. The number of aromatic nitrogens is 3. The lowest BCUT2D eigenvalue weighted by Crippen LogP contribution is -2.15. The van der Waals surface area contributed by atoms with Crippen molar-refractivity contribution in [1.82, 2.24) is 14.8 Å². The van der Waals surface area contributed by atoms with E-state index in [1.807, 2.05) is 10.6 Å². The minimum Gasteiger partial charge on any atom is -0.324 e. The molecule has 0 fully saturated rings. The van der Waals surface area contributed by atoms with Gasteiger partial charge < -0.3 is 5.32 Å². The molecule has 2 heterocycles. The van der Waals surface area contributed by atoms with Gasteiger partial charge in [0.25, 0.3) is 0 Å². The van der Waals surface area contributed by atoms with Gasteiger partial charge in [-0.25, -0.2) is 0 Å². The number of hydrogen-bond donors (Lipinski definition) is 1. The molecular formula is C19H18BrClN4OS2. The van der Waals surface area contributed by atoms with E-state index < -0.39 is 0 Å². The molecule has 0 unspecified atom stereocenters. The number of nitrogens with zero attached hydrogens (tertiary/aromatic N) is 3. The van der Waals surface area contributed by atoms with Gasteiger partial charge in [-0.3, -0.25) is 9.36 Å². The number of hydrogen-bond acceptors (Lipinski definition) is 5. The van der Waals surface area contributed by atoms with Crippen LogP contribution in [0.2, 0.25) is 5.02 Å². The zero-order chi connectivity index (χ0) is 20.1. The van der Waals surface area contributed by atoms with Gasteiger partial charge in [0.15, 0.2) is 11.0 Å². The van der Waals surface area contributed by atoms with Crippen molar-refractivity contribution in [3.05, 3.63) is 56.7 Å². The second kappa shape index (κ2) is 9.73. The van der Waals surface area contributed by atoms with E-state index in [2.05, 4.69) is 56.4 Å². The average Bonchev–Trinajstić information content (AvgIpc) is 3.29. The van der Waals surface area contributed by atoms with Crippen molar-refractivity contribution in [2.45, 2.75) is 25.0 Å². The number of amides is 1. The van der Waals surface area contributed by atoms with E-state index in [-0.39, 0.29) is 11.7 Å². The number of aryl methyl sites for hydroxylation is 1. The molecule has 0 bridgehead atoms. The highest BCUT2D eigenvalue weighted by Gasteiger charge is 2.16. The molecule has 3 aromatic rings. The van der Waals surface area contributed by atoms with E-state index >= 15 is 0 Å². The van der Waals surface area contributed by atoms with Crippen LogP contribution in [0.15, 0.2) is 51.9 Å². The SMILES string of the molecule is C=CCn1c(SCC(=O)Nc2ccc(Br)cc2Cl)nnc1-c1csc(CC)c1. The van der Waals surface area contributed by atoms with Crippen LogP contribution in [0.5, 0.6) is 0 Å². The van der Waals surface area contributed by atoms with Crippen molar-refractivity contribution in [3.8, 4) is 11.4 Å². The van der Waals surface area contributed by atoms with Crippen LogP contribution in [0.3, 0.4) is 0 Å². The van der Waals surface area contributed by atoms with Crippen LogP contribution in [-0.4, -0.2) is 26.4 Å². The van der Waals surface area contributed by atoms with Crippen LogP contribution in [0.25, 0.3) is 11.4 Å². The summed E-state index contributed by atoms with van der Waals surface area (Å²) in [5.74, 6) is 0.827. The molecule has 28 heavy (non-hydrogen) atoms. The molecule has 1 amide bonds. The largest absolute Gasteiger partial charge is 0.324 e. The molecule has 3 rings (SSSR count). The Balaban J connectivity index is 1.71. The first-order valence-electron chi connectivity index (χ1n) is 8.51. The number of halogens is 2. The summed E-state index contributed by atoms with van der Waals surface area (Å²) in [6, 6.07) is 7.45. The van der Waals surface area contributed by atoms with Gasteiger partial charge in [-0.05, 0) is 30.7 Å². The van der Waals surface area contributed by atoms with Crippen LogP contribution in [0, 0.1) is 0 Å². The highest BCUT2D eigenvalue weighted by atomic mass is 79.9. The second-order valence-electron chi connectivity index (χ2n) is 5.82. The summed E-state index contributed by atoms with van der Waals surface area (Å²) >= 11 is 12.5. The maximum absolute atomic E-state index is 12.3. The van der Waals surface area contributed by atoms with Gasteiger partial charge in [-0.1, -0.05) is 52.3 Å².